The lowest BCUT2D eigenvalue weighted by Crippen LogP contribution is -2.29. The van der Waals surface area contributed by atoms with E-state index in [9.17, 15) is 22.8 Å². The number of amides is 1. The maximum Gasteiger partial charge on any atom is 0.340 e. The van der Waals surface area contributed by atoms with Gasteiger partial charge in [-0.2, -0.15) is 0 Å². The summed E-state index contributed by atoms with van der Waals surface area (Å²) in [4.78, 5) is 34.1. The molecule has 0 spiro atoms. The van der Waals surface area contributed by atoms with E-state index in [1.54, 1.807) is 6.07 Å². The second-order valence-electron chi connectivity index (χ2n) is 10.7. The average Bonchev–Trinajstić information content (AvgIpc) is 3.46. The van der Waals surface area contributed by atoms with Gasteiger partial charge in [-0.25, -0.2) is 27.9 Å². The Hall–Kier alpha value is -3.69. The highest BCUT2D eigenvalue weighted by Gasteiger charge is 2.43. The number of carbonyl (C=O) groups is 2. The van der Waals surface area contributed by atoms with E-state index in [-0.39, 0.29) is 34.8 Å². The lowest BCUT2D eigenvalue weighted by Gasteiger charge is -2.18. The topological polar surface area (TPSA) is 85.6 Å². The smallest absolute Gasteiger partial charge is 0.340 e. The third-order valence-corrected chi connectivity index (χ3v) is 8.19. The Balaban J connectivity index is 1.44. The Labute approximate surface area is 223 Å². The number of aliphatic imine (C=N–C) groups is 1. The minimum absolute atomic E-state index is 0.0546. The molecule has 2 bridgehead atoms. The first kappa shape index (κ1) is 25.6. The number of nitrogens with one attached hydrogen (secondary N) is 1. The largest absolute Gasteiger partial charge is 0.465 e. The summed E-state index contributed by atoms with van der Waals surface area (Å²) >= 11 is 0. The summed E-state index contributed by atoms with van der Waals surface area (Å²) in [6, 6.07) is 7.34. The number of esters is 1. The van der Waals surface area contributed by atoms with Crippen LogP contribution in [0.25, 0.3) is 11.0 Å². The first-order valence-electron chi connectivity index (χ1n) is 13.4. The number of halogens is 3. The number of alkyl halides is 2. The lowest BCUT2D eigenvalue weighted by molar-refractivity contribution is -0.123. The van der Waals surface area contributed by atoms with Crippen LogP contribution >= 0.6 is 0 Å². The molecule has 6 rings (SSSR count). The molecule has 1 unspecified atom stereocenters. The molecule has 1 aliphatic carbocycles. The molecule has 4 atom stereocenters. The summed E-state index contributed by atoms with van der Waals surface area (Å²) < 4.78 is 50.4. The van der Waals surface area contributed by atoms with Crippen molar-refractivity contribution in [1.82, 2.24) is 14.9 Å². The first-order chi connectivity index (χ1) is 18.8. The molecule has 3 aromatic rings. The molecule has 4 heterocycles. The Morgan fingerprint density at radius 2 is 2.00 bits per heavy atom. The van der Waals surface area contributed by atoms with E-state index in [1.165, 1.54) is 0 Å². The van der Waals surface area contributed by atoms with Crippen LogP contribution in [-0.4, -0.2) is 40.7 Å². The number of pyridine rings is 1. The standard InChI is InChI=1S/C29H29F3N4O3/c1-14-21-8-7-16-11-23(36(27(16)35-21)9-5-3-4-6-15-10-17(15)28(37)33-14)25-24(26(31)32)19-12-18(29(38)39-2)20(30)13-22(19)34-25/h7-8,11-15,17,24,26H,3-6,9-10H2,1-2H3,(H,33,37)/t14-,15-,17-,24?/m1/s1. The zero-order valence-electron chi connectivity index (χ0n) is 21.7. The summed E-state index contributed by atoms with van der Waals surface area (Å²) in [7, 11) is 1.11. The first-order valence-corrected chi connectivity index (χ1v) is 13.4. The molecule has 2 aromatic heterocycles. The molecule has 2 aliphatic heterocycles. The SMILES string of the molecule is COC(=O)c1cc2c(cc1F)N=C(c1cc3ccc4nc3n1CCCCC[C@@H]1C[C@H]1C(=O)N[C@@H]4C)C2C(F)F. The molecule has 7 nitrogen and oxygen atoms in total. The Kier molecular flexibility index (Phi) is 6.43. The summed E-state index contributed by atoms with van der Waals surface area (Å²) in [5, 5.41) is 3.84. The van der Waals surface area contributed by atoms with Gasteiger partial charge in [0.15, 0.2) is 0 Å². The highest BCUT2D eigenvalue weighted by Crippen LogP contribution is 2.44. The summed E-state index contributed by atoms with van der Waals surface area (Å²) in [6.45, 7) is 2.44. The molecule has 1 N–H and O–H groups in total. The van der Waals surface area contributed by atoms with Crippen LogP contribution in [0, 0.1) is 17.7 Å². The van der Waals surface area contributed by atoms with Crippen molar-refractivity contribution >= 4 is 34.3 Å². The van der Waals surface area contributed by atoms with Gasteiger partial charge in [0.25, 0.3) is 6.43 Å². The van der Waals surface area contributed by atoms with Crippen LogP contribution in [0.1, 0.15) is 78.3 Å². The van der Waals surface area contributed by atoms with Crippen molar-refractivity contribution in [3.05, 3.63) is 58.7 Å². The van der Waals surface area contributed by atoms with Gasteiger partial charge in [-0.3, -0.25) is 4.79 Å². The number of benzene rings is 1. The van der Waals surface area contributed by atoms with Crippen molar-refractivity contribution in [2.45, 2.75) is 64.0 Å². The highest BCUT2D eigenvalue weighted by atomic mass is 19.3. The minimum Gasteiger partial charge on any atom is -0.465 e. The second-order valence-corrected chi connectivity index (χ2v) is 10.7. The van der Waals surface area contributed by atoms with Crippen LogP contribution in [0.4, 0.5) is 18.9 Å². The number of ether oxygens (including phenoxy) is 1. The zero-order valence-corrected chi connectivity index (χ0v) is 21.7. The maximum absolute atomic E-state index is 14.7. The maximum atomic E-state index is 14.7. The van der Waals surface area contributed by atoms with E-state index in [1.807, 2.05) is 23.6 Å². The fourth-order valence-corrected chi connectivity index (χ4v) is 5.97. The molecule has 10 heteroatoms. The van der Waals surface area contributed by atoms with Crippen LogP contribution < -0.4 is 5.32 Å². The third-order valence-electron chi connectivity index (χ3n) is 8.19. The molecule has 0 saturated heterocycles. The van der Waals surface area contributed by atoms with Gasteiger partial charge in [0.2, 0.25) is 5.91 Å². The van der Waals surface area contributed by atoms with E-state index in [0.717, 1.165) is 56.7 Å². The monoisotopic (exact) mass is 538 g/mol. The number of hydrogen-bond acceptors (Lipinski definition) is 5. The lowest BCUT2D eigenvalue weighted by atomic mass is 9.93. The zero-order chi connectivity index (χ0) is 27.4. The van der Waals surface area contributed by atoms with Crippen molar-refractivity contribution in [2.24, 2.45) is 16.8 Å². The Morgan fingerprint density at radius 1 is 1.18 bits per heavy atom. The minimum atomic E-state index is -2.84. The van der Waals surface area contributed by atoms with Gasteiger partial charge < -0.3 is 14.6 Å². The molecule has 1 amide bonds. The molecule has 3 aliphatic rings. The number of rotatable bonds is 3. The number of aromatic nitrogens is 2. The number of fused-ring (bicyclic) bond motifs is 3. The predicted octanol–water partition coefficient (Wildman–Crippen LogP) is 5.83. The number of aryl methyl sites for hydroxylation is 1. The highest BCUT2D eigenvalue weighted by molar-refractivity contribution is 6.11. The molecule has 1 fully saturated rings. The van der Waals surface area contributed by atoms with Gasteiger partial charge >= 0.3 is 5.97 Å². The summed E-state index contributed by atoms with van der Waals surface area (Å²) in [5.74, 6) is -2.70. The number of carbonyl (C=O) groups excluding carboxylic acids is 2. The Morgan fingerprint density at radius 3 is 2.77 bits per heavy atom. The van der Waals surface area contributed by atoms with Crippen molar-refractivity contribution in [3.63, 3.8) is 0 Å². The molecule has 204 valence electrons. The number of hydrogen-bond donors (Lipinski definition) is 1. The van der Waals surface area contributed by atoms with Crippen molar-refractivity contribution in [1.29, 1.82) is 0 Å². The van der Waals surface area contributed by atoms with Crippen LogP contribution in [-0.2, 0) is 16.1 Å². The fraction of sp³-hybridized carbons (Fsp3) is 0.448. The van der Waals surface area contributed by atoms with Gasteiger partial charge in [0.1, 0.15) is 11.5 Å². The molecule has 1 aromatic carbocycles. The van der Waals surface area contributed by atoms with Crippen molar-refractivity contribution < 1.29 is 27.5 Å². The normalized spacial score (nSPS) is 24.7. The number of nitrogens with zero attached hydrogens (tertiary/aromatic N) is 3. The van der Waals surface area contributed by atoms with Gasteiger partial charge in [-0.1, -0.05) is 12.8 Å². The van der Waals surface area contributed by atoms with E-state index >= 15 is 0 Å². The molecular weight excluding hydrogens is 509 g/mol. The van der Waals surface area contributed by atoms with Gasteiger partial charge in [-0.15, -0.1) is 0 Å². The number of methoxy groups -OCH3 is 1. The van der Waals surface area contributed by atoms with Crippen LogP contribution in [0.15, 0.2) is 35.3 Å². The molecule has 39 heavy (non-hydrogen) atoms. The molecule has 1 saturated carbocycles. The van der Waals surface area contributed by atoms with Crippen LogP contribution in [0.3, 0.4) is 0 Å². The summed E-state index contributed by atoms with van der Waals surface area (Å²) in [6.07, 6.45) is 1.80. The van der Waals surface area contributed by atoms with E-state index in [2.05, 4.69) is 15.0 Å². The van der Waals surface area contributed by atoms with Gasteiger partial charge in [-0.05, 0) is 61.9 Å². The molecular formula is C29H29F3N4O3. The van der Waals surface area contributed by atoms with Gasteiger partial charge in [0.05, 0.1) is 47.4 Å². The predicted molar refractivity (Wildman–Crippen MR) is 139 cm³/mol. The van der Waals surface area contributed by atoms with E-state index < -0.39 is 29.7 Å². The van der Waals surface area contributed by atoms with E-state index in [4.69, 9.17) is 4.98 Å². The second kappa shape index (κ2) is 9.81. The molecule has 0 radical (unpaired) electrons. The van der Waals surface area contributed by atoms with Crippen LogP contribution in [0.2, 0.25) is 0 Å². The van der Waals surface area contributed by atoms with Crippen molar-refractivity contribution in [2.75, 3.05) is 7.11 Å². The van der Waals surface area contributed by atoms with Gasteiger partial charge in [0, 0.05) is 23.9 Å². The Bertz CT molecular complexity index is 1520. The van der Waals surface area contributed by atoms with Crippen LogP contribution in [0.5, 0.6) is 0 Å². The summed E-state index contributed by atoms with van der Waals surface area (Å²) in [5.41, 5.74) is 1.67. The van der Waals surface area contributed by atoms with E-state index in [0.29, 0.717) is 29.5 Å². The quantitative estimate of drug-likeness (QED) is 0.425. The fourth-order valence-electron chi connectivity index (χ4n) is 5.97. The van der Waals surface area contributed by atoms with Crippen molar-refractivity contribution in [3.8, 4) is 0 Å². The average molecular weight is 539 g/mol. The third kappa shape index (κ3) is 4.49.